The number of piperazine rings is 1. The number of hydrogen-bond acceptors (Lipinski definition) is 4. The van der Waals surface area contributed by atoms with Gasteiger partial charge in [-0.3, -0.25) is 9.69 Å². The molecule has 6 rings (SSSR count). The lowest BCUT2D eigenvalue weighted by atomic mass is 9.80. The van der Waals surface area contributed by atoms with Crippen molar-refractivity contribution < 1.29 is 9.18 Å². The van der Waals surface area contributed by atoms with E-state index in [0.717, 1.165) is 81.5 Å². The number of fused-ring (bicyclic) bond motifs is 2. The highest BCUT2D eigenvalue weighted by molar-refractivity contribution is 5.92. The van der Waals surface area contributed by atoms with Crippen LogP contribution in [0.5, 0.6) is 0 Å². The number of aromatic nitrogens is 1. The molecule has 1 saturated carbocycles. The van der Waals surface area contributed by atoms with E-state index in [1.165, 1.54) is 23.6 Å². The maximum Gasteiger partial charge on any atom is 0.155 e. The number of H-pyrrole nitrogens is 1. The Bertz CT molecular complexity index is 1190. The first-order chi connectivity index (χ1) is 17.2. The van der Waals surface area contributed by atoms with E-state index < -0.39 is 0 Å². The minimum atomic E-state index is -0.188. The minimum Gasteiger partial charge on any atom is -0.380 e. The molecule has 2 N–H and O–H groups in total. The fourth-order valence-corrected chi connectivity index (χ4v) is 6.58. The highest BCUT2D eigenvalue weighted by atomic mass is 19.1. The Labute approximate surface area is 206 Å². The van der Waals surface area contributed by atoms with Crippen LogP contribution in [0.3, 0.4) is 0 Å². The van der Waals surface area contributed by atoms with Crippen molar-refractivity contribution in [1.82, 2.24) is 9.88 Å². The molecule has 184 valence electrons. The number of anilines is 2. The third kappa shape index (κ3) is 4.44. The van der Waals surface area contributed by atoms with Crippen LogP contribution in [0, 0.1) is 11.7 Å². The van der Waals surface area contributed by atoms with E-state index in [0.29, 0.717) is 5.78 Å². The summed E-state index contributed by atoms with van der Waals surface area (Å²) in [4.78, 5) is 22.2. The van der Waals surface area contributed by atoms with Crippen LogP contribution in [0.25, 0.3) is 10.9 Å². The summed E-state index contributed by atoms with van der Waals surface area (Å²) in [6.45, 7) is 3.57. The second-order valence-electron chi connectivity index (χ2n) is 10.5. The number of Topliss-reactive ketones (excluding diaryl/α,β-unsaturated/α-hetero) is 1. The van der Waals surface area contributed by atoms with Crippen LogP contribution >= 0.6 is 0 Å². The van der Waals surface area contributed by atoms with Gasteiger partial charge in [0.1, 0.15) is 5.82 Å². The first-order valence-corrected chi connectivity index (χ1v) is 13.3. The molecule has 1 saturated heterocycles. The van der Waals surface area contributed by atoms with Gasteiger partial charge < -0.3 is 15.2 Å². The van der Waals surface area contributed by atoms with Crippen LogP contribution < -0.4 is 10.2 Å². The molecule has 2 unspecified atom stereocenters. The Hall–Kier alpha value is -2.86. The summed E-state index contributed by atoms with van der Waals surface area (Å²) >= 11 is 0. The van der Waals surface area contributed by atoms with Crippen molar-refractivity contribution in [3.05, 3.63) is 60.0 Å². The fraction of sp³-hybridized carbons (Fsp3) is 0.483. The van der Waals surface area contributed by atoms with E-state index >= 15 is 0 Å². The van der Waals surface area contributed by atoms with Gasteiger partial charge >= 0.3 is 0 Å². The molecule has 0 bridgehead atoms. The summed E-state index contributed by atoms with van der Waals surface area (Å²) in [5.74, 6) is 0.415. The largest absolute Gasteiger partial charge is 0.380 e. The van der Waals surface area contributed by atoms with Crippen molar-refractivity contribution in [3.63, 3.8) is 0 Å². The maximum atomic E-state index is 14.0. The molecule has 0 radical (unpaired) electrons. The minimum absolute atomic E-state index is 0.0713. The quantitative estimate of drug-likeness (QED) is 0.522. The zero-order chi connectivity index (χ0) is 23.8. The molecule has 1 aromatic heterocycles. The summed E-state index contributed by atoms with van der Waals surface area (Å²) in [7, 11) is 0. The van der Waals surface area contributed by atoms with Gasteiger partial charge in [-0.25, -0.2) is 4.39 Å². The first-order valence-electron chi connectivity index (χ1n) is 13.3. The molecule has 2 fully saturated rings. The predicted octanol–water partition coefficient (Wildman–Crippen LogP) is 5.37. The average Bonchev–Trinajstić information content (AvgIpc) is 3.39. The molecular formula is C29H35FN4O. The molecule has 3 aromatic rings. The van der Waals surface area contributed by atoms with Crippen LogP contribution in [0.2, 0.25) is 0 Å². The molecule has 0 amide bonds. The van der Waals surface area contributed by atoms with Gasteiger partial charge in [0.15, 0.2) is 5.78 Å². The van der Waals surface area contributed by atoms with Gasteiger partial charge in [-0.2, -0.15) is 0 Å². The van der Waals surface area contributed by atoms with Gasteiger partial charge in [0.05, 0.1) is 6.04 Å². The molecular weight excluding hydrogens is 439 g/mol. The lowest BCUT2D eigenvalue weighted by Crippen LogP contribution is -2.60. The van der Waals surface area contributed by atoms with Gasteiger partial charge in [-0.15, -0.1) is 0 Å². The van der Waals surface area contributed by atoms with Crippen molar-refractivity contribution >= 4 is 28.1 Å². The summed E-state index contributed by atoms with van der Waals surface area (Å²) < 4.78 is 13.8. The normalized spacial score (nSPS) is 22.5. The molecule has 2 aliphatic heterocycles. The molecule has 2 atom stereocenters. The topological polar surface area (TPSA) is 51.4 Å². The Morgan fingerprint density at radius 1 is 0.971 bits per heavy atom. The number of carbonyl (C=O) groups is 1. The highest BCUT2D eigenvalue weighted by Gasteiger charge is 2.40. The number of ketones is 1. The van der Waals surface area contributed by atoms with E-state index in [4.69, 9.17) is 0 Å². The Morgan fingerprint density at radius 2 is 1.80 bits per heavy atom. The number of aromatic amines is 1. The van der Waals surface area contributed by atoms with Crippen LogP contribution in [-0.4, -0.2) is 53.9 Å². The van der Waals surface area contributed by atoms with E-state index in [2.05, 4.69) is 44.4 Å². The molecule has 35 heavy (non-hydrogen) atoms. The molecule has 6 heteroatoms. The van der Waals surface area contributed by atoms with Crippen molar-refractivity contribution in [3.8, 4) is 0 Å². The number of benzene rings is 2. The Balaban J connectivity index is 1.23. The number of rotatable bonds is 5. The van der Waals surface area contributed by atoms with E-state index in [-0.39, 0.29) is 23.8 Å². The van der Waals surface area contributed by atoms with Gasteiger partial charge in [0, 0.05) is 66.6 Å². The van der Waals surface area contributed by atoms with Crippen molar-refractivity contribution in [2.75, 3.05) is 36.4 Å². The summed E-state index contributed by atoms with van der Waals surface area (Å²) in [5, 5.41) is 4.92. The smallest absolute Gasteiger partial charge is 0.155 e. The summed E-state index contributed by atoms with van der Waals surface area (Å²) in [6, 6.07) is 13.5. The number of hydrogen-bond donors (Lipinski definition) is 2. The number of nitrogens with zero attached hydrogens (tertiary/aromatic N) is 2. The monoisotopic (exact) mass is 474 g/mol. The average molecular weight is 475 g/mol. The third-order valence-corrected chi connectivity index (χ3v) is 8.43. The van der Waals surface area contributed by atoms with Crippen LogP contribution in [0.4, 0.5) is 15.8 Å². The van der Waals surface area contributed by atoms with E-state index in [1.807, 2.05) is 12.3 Å². The molecule has 0 spiro atoms. The van der Waals surface area contributed by atoms with Crippen LogP contribution in [-0.2, 0) is 11.2 Å². The molecule has 3 aliphatic rings. The van der Waals surface area contributed by atoms with Gasteiger partial charge in [-0.1, -0.05) is 25.3 Å². The second-order valence-corrected chi connectivity index (χ2v) is 10.5. The number of halogens is 1. The molecule has 5 nitrogen and oxygen atoms in total. The predicted molar refractivity (Wildman–Crippen MR) is 140 cm³/mol. The standard InChI is InChI=1S/C29H35FN4O/c30-22-10-12-24-21(19-22)9-11-26(32-24)28(29(35)20-5-2-1-3-6-20)34-17-15-33(16-18-34)27-8-4-7-25-23(27)13-14-31-25/h4,7-8,10,12-14,19-20,26,28,31-32H,1-3,5-6,9,11,15-18H2. The lowest BCUT2D eigenvalue weighted by Gasteiger charge is -2.45. The SMILES string of the molecule is O=C(C1CCCCC1)C(C1CCc2cc(F)ccc2N1)N1CCN(c2cccc3[nH]ccc23)CC1. The third-order valence-electron chi connectivity index (χ3n) is 8.43. The maximum absolute atomic E-state index is 14.0. The van der Waals surface area contributed by atoms with Gasteiger partial charge in [-0.05, 0) is 67.6 Å². The molecule has 1 aliphatic carbocycles. The van der Waals surface area contributed by atoms with Crippen molar-refractivity contribution in [2.45, 2.75) is 57.0 Å². The van der Waals surface area contributed by atoms with Crippen molar-refractivity contribution in [2.24, 2.45) is 5.92 Å². The van der Waals surface area contributed by atoms with Gasteiger partial charge in [0.2, 0.25) is 0 Å². The zero-order valence-electron chi connectivity index (χ0n) is 20.3. The van der Waals surface area contributed by atoms with Crippen LogP contribution in [0.1, 0.15) is 44.1 Å². The summed E-state index contributed by atoms with van der Waals surface area (Å²) in [6.07, 6.45) is 9.31. The van der Waals surface area contributed by atoms with E-state index in [9.17, 15) is 9.18 Å². The fourth-order valence-electron chi connectivity index (χ4n) is 6.58. The molecule has 3 heterocycles. The first kappa shape index (κ1) is 22.6. The number of nitrogens with one attached hydrogen (secondary N) is 2. The van der Waals surface area contributed by atoms with Gasteiger partial charge in [0.25, 0.3) is 0 Å². The Kier molecular flexibility index (Phi) is 6.23. The van der Waals surface area contributed by atoms with Crippen molar-refractivity contribution in [1.29, 1.82) is 0 Å². The van der Waals surface area contributed by atoms with Crippen LogP contribution in [0.15, 0.2) is 48.7 Å². The summed E-state index contributed by atoms with van der Waals surface area (Å²) in [5.41, 5.74) is 4.44. The van der Waals surface area contributed by atoms with E-state index in [1.54, 1.807) is 6.07 Å². The highest BCUT2D eigenvalue weighted by Crippen LogP contribution is 2.33. The lowest BCUT2D eigenvalue weighted by molar-refractivity contribution is -0.130. The second kappa shape index (κ2) is 9.65. The number of aryl methyl sites for hydroxylation is 1. The number of carbonyl (C=O) groups excluding carboxylic acids is 1. The Morgan fingerprint density at radius 3 is 2.63 bits per heavy atom. The zero-order valence-corrected chi connectivity index (χ0v) is 20.3. The molecule has 2 aromatic carbocycles.